The average molecular weight is 339 g/mol. The van der Waals surface area contributed by atoms with E-state index in [1.165, 1.54) is 11.0 Å². The van der Waals surface area contributed by atoms with E-state index in [2.05, 4.69) is 21.3 Å². The van der Waals surface area contributed by atoms with Gasteiger partial charge < -0.3 is 10.2 Å². The molecule has 0 atom stereocenters. The third-order valence-electron chi connectivity index (χ3n) is 3.99. The lowest BCUT2D eigenvalue weighted by Crippen LogP contribution is -2.41. The minimum absolute atomic E-state index is 0.253. The van der Waals surface area contributed by atoms with Crippen molar-refractivity contribution in [2.75, 3.05) is 37.0 Å². The average Bonchev–Trinajstić information content (AvgIpc) is 2.88. The van der Waals surface area contributed by atoms with Gasteiger partial charge in [0.15, 0.2) is 5.13 Å². The zero-order valence-electron chi connectivity index (χ0n) is 12.7. The van der Waals surface area contributed by atoms with Crippen molar-refractivity contribution in [3.05, 3.63) is 24.3 Å². The van der Waals surface area contributed by atoms with E-state index < -0.39 is 9.84 Å². The Hall–Kier alpha value is -1.18. The number of nitrogens with one attached hydrogen (secondary N) is 1. The Bertz CT molecular complexity index is 701. The van der Waals surface area contributed by atoms with Gasteiger partial charge in [0.1, 0.15) is 9.84 Å². The lowest BCUT2D eigenvalue weighted by molar-refractivity contribution is 0.230. The molecule has 1 aromatic heterocycles. The van der Waals surface area contributed by atoms with E-state index >= 15 is 0 Å². The van der Waals surface area contributed by atoms with E-state index in [1.54, 1.807) is 11.3 Å². The second kappa shape index (κ2) is 6.52. The van der Waals surface area contributed by atoms with Crippen LogP contribution in [0.3, 0.4) is 0 Å². The van der Waals surface area contributed by atoms with E-state index in [0.717, 1.165) is 36.6 Å². The summed E-state index contributed by atoms with van der Waals surface area (Å²) < 4.78 is 23.6. The number of para-hydroxylation sites is 1. The molecule has 0 amide bonds. The van der Waals surface area contributed by atoms with Gasteiger partial charge >= 0.3 is 0 Å². The molecule has 120 valence electrons. The standard InChI is InChI=1S/C15H21N3O2S2/c1-22(19,20)11-10-18-8-6-12(7-9-18)16-15-17-13-4-2-3-5-14(13)21-15/h2-5,12H,6-11H2,1H3,(H,16,17). The molecule has 1 aliphatic rings. The largest absolute Gasteiger partial charge is 0.359 e. The molecule has 1 aromatic carbocycles. The van der Waals surface area contributed by atoms with Crippen LogP contribution in [-0.2, 0) is 9.84 Å². The summed E-state index contributed by atoms with van der Waals surface area (Å²) in [7, 11) is -2.87. The first kappa shape index (κ1) is 15.7. The summed E-state index contributed by atoms with van der Waals surface area (Å²) >= 11 is 1.69. The van der Waals surface area contributed by atoms with Crippen LogP contribution in [0.25, 0.3) is 10.2 Å². The van der Waals surface area contributed by atoms with Crippen molar-refractivity contribution in [1.29, 1.82) is 0 Å². The first-order valence-electron chi connectivity index (χ1n) is 7.52. The molecule has 1 aliphatic heterocycles. The molecule has 0 spiro atoms. The van der Waals surface area contributed by atoms with Crippen LogP contribution >= 0.6 is 11.3 Å². The molecule has 0 radical (unpaired) electrons. The Morgan fingerprint density at radius 3 is 2.73 bits per heavy atom. The molecule has 2 heterocycles. The van der Waals surface area contributed by atoms with Crippen molar-refractivity contribution in [3.63, 3.8) is 0 Å². The molecule has 0 saturated carbocycles. The fourth-order valence-electron chi connectivity index (χ4n) is 2.70. The maximum absolute atomic E-state index is 11.2. The number of thiazole rings is 1. The summed E-state index contributed by atoms with van der Waals surface area (Å²) in [5.74, 6) is 0.253. The highest BCUT2D eigenvalue weighted by Gasteiger charge is 2.20. The normalized spacial score (nSPS) is 17.9. The van der Waals surface area contributed by atoms with E-state index in [-0.39, 0.29) is 5.75 Å². The second-order valence-electron chi connectivity index (χ2n) is 5.88. The van der Waals surface area contributed by atoms with Crippen molar-refractivity contribution >= 4 is 36.5 Å². The second-order valence-corrected chi connectivity index (χ2v) is 9.17. The van der Waals surface area contributed by atoms with Gasteiger partial charge in [0, 0.05) is 31.9 Å². The van der Waals surface area contributed by atoms with Crippen LogP contribution in [0.1, 0.15) is 12.8 Å². The summed E-state index contributed by atoms with van der Waals surface area (Å²) in [5, 5.41) is 4.51. The third-order valence-corrected chi connectivity index (χ3v) is 5.88. The molecule has 1 saturated heterocycles. The van der Waals surface area contributed by atoms with Gasteiger partial charge in [-0.3, -0.25) is 0 Å². The molecule has 5 nitrogen and oxygen atoms in total. The molecule has 2 aromatic rings. The van der Waals surface area contributed by atoms with Gasteiger partial charge in [0.2, 0.25) is 0 Å². The number of nitrogens with zero attached hydrogens (tertiary/aromatic N) is 2. The maximum atomic E-state index is 11.2. The number of aromatic nitrogens is 1. The molecule has 1 N–H and O–H groups in total. The van der Waals surface area contributed by atoms with Gasteiger partial charge in [-0.15, -0.1) is 0 Å². The topological polar surface area (TPSA) is 62.3 Å². The fraction of sp³-hybridized carbons (Fsp3) is 0.533. The van der Waals surface area contributed by atoms with Crippen molar-refractivity contribution in [2.24, 2.45) is 0 Å². The minimum Gasteiger partial charge on any atom is -0.359 e. The van der Waals surface area contributed by atoms with Crippen molar-refractivity contribution in [3.8, 4) is 0 Å². The predicted octanol–water partition coefficient (Wildman–Crippen LogP) is 2.22. The van der Waals surface area contributed by atoms with Crippen LogP contribution in [0.2, 0.25) is 0 Å². The Morgan fingerprint density at radius 2 is 2.05 bits per heavy atom. The summed E-state index contributed by atoms with van der Waals surface area (Å²) in [6.45, 7) is 2.53. The number of piperidine rings is 1. The van der Waals surface area contributed by atoms with Crippen LogP contribution in [0, 0.1) is 0 Å². The van der Waals surface area contributed by atoms with Crippen LogP contribution in [0.5, 0.6) is 0 Å². The summed E-state index contributed by atoms with van der Waals surface area (Å²) in [6.07, 6.45) is 3.35. The molecule has 7 heteroatoms. The van der Waals surface area contributed by atoms with Crippen molar-refractivity contribution in [1.82, 2.24) is 9.88 Å². The zero-order valence-corrected chi connectivity index (χ0v) is 14.3. The highest BCUT2D eigenvalue weighted by Crippen LogP contribution is 2.27. The molecular formula is C15H21N3O2S2. The Labute approximate surface area is 135 Å². The van der Waals surface area contributed by atoms with Gasteiger partial charge in [-0.2, -0.15) is 0 Å². The van der Waals surface area contributed by atoms with Gasteiger partial charge in [0.05, 0.1) is 16.0 Å². The first-order valence-corrected chi connectivity index (χ1v) is 10.4. The molecule has 0 aliphatic carbocycles. The van der Waals surface area contributed by atoms with Crippen molar-refractivity contribution in [2.45, 2.75) is 18.9 Å². The summed E-state index contributed by atoms with van der Waals surface area (Å²) in [4.78, 5) is 6.84. The number of benzene rings is 1. The lowest BCUT2D eigenvalue weighted by Gasteiger charge is -2.32. The van der Waals surface area contributed by atoms with E-state index in [0.29, 0.717) is 12.6 Å². The van der Waals surface area contributed by atoms with Gasteiger partial charge in [-0.25, -0.2) is 13.4 Å². The van der Waals surface area contributed by atoms with E-state index in [1.807, 2.05) is 18.2 Å². The van der Waals surface area contributed by atoms with Crippen LogP contribution in [0.15, 0.2) is 24.3 Å². The monoisotopic (exact) mass is 339 g/mol. The van der Waals surface area contributed by atoms with E-state index in [4.69, 9.17) is 0 Å². The molecule has 0 unspecified atom stereocenters. The number of sulfone groups is 1. The number of anilines is 1. The predicted molar refractivity (Wildman–Crippen MR) is 92.4 cm³/mol. The van der Waals surface area contributed by atoms with Crippen LogP contribution in [-0.4, -0.2) is 56.0 Å². The molecule has 3 rings (SSSR count). The van der Waals surface area contributed by atoms with Crippen LogP contribution in [0.4, 0.5) is 5.13 Å². The highest BCUT2D eigenvalue weighted by molar-refractivity contribution is 7.90. The number of hydrogen-bond acceptors (Lipinski definition) is 6. The number of rotatable bonds is 5. The first-order chi connectivity index (χ1) is 10.5. The summed E-state index contributed by atoms with van der Waals surface area (Å²) in [6, 6.07) is 8.59. The molecule has 22 heavy (non-hydrogen) atoms. The Kier molecular flexibility index (Phi) is 4.65. The van der Waals surface area contributed by atoms with Gasteiger partial charge in [-0.1, -0.05) is 23.5 Å². The van der Waals surface area contributed by atoms with Crippen LogP contribution < -0.4 is 5.32 Å². The summed E-state index contributed by atoms with van der Waals surface area (Å²) in [5.41, 5.74) is 1.04. The fourth-order valence-corrected chi connectivity index (χ4v) is 4.24. The van der Waals surface area contributed by atoms with Gasteiger partial charge in [-0.05, 0) is 25.0 Å². The Morgan fingerprint density at radius 1 is 1.32 bits per heavy atom. The van der Waals surface area contributed by atoms with E-state index in [9.17, 15) is 8.42 Å². The highest BCUT2D eigenvalue weighted by atomic mass is 32.2. The lowest BCUT2D eigenvalue weighted by atomic mass is 10.1. The molecule has 0 bridgehead atoms. The maximum Gasteiger partial charge on any atom is 0.184 e. The molecule has 1 fully saturated rings. The van der Waals surface area contributed by atoms with Crippen molar-refractivity contribution < 1.29 is 8.42 Å². The quantitative estimate of drug-likeness (QED) is 0.905. The SMILES string of the molecule is CS(=O)(=O)CCN1CCC(Nc2nc3ccccc3s2)CC1. The molecular weight excluding hydrogens is 318 g/mol. The zero-order chi connectivity index (χ0) is 15.6. The number of hydrogen-bond donors (Lipinski definition) is 1. The third kappa shape index (κ3) is 4.18. The smallest absolute Gasteiger partial charge is 0.184 e. The number of fused-ring (bicyclic) bond motifs is 1. The number of likely N-dealkylation sites (tertiary alicyclic amines) is 1. The van der Waals surface area contributed by atoms with Gasteiger partial charge in [0.25, 0.3) is 0 Å². The minimum atomic E-state index is -2.87. The Balaban J connectivity index is 1.51.